The number of nitrogens with one attached hydrogen (secondary N) is 1. The summed E-state index contributed by atoms with van der Waals surface area (Å²) < 4.78 is 7.09. The van der Waals surface area contributed by atoms with Crippen molar-refractivity contribution in [1.29, 1.82) is 0 Å². The smallest absolute Gasteiger partial charge is 0.159 e. The van der Waals surface area contributed by atoms with Crippen LogP contribution in [0.1, 0.15) is 23.6 Å². The summed E-state index contributed by atoms with van der Waals surface area (Å²) in [6, 6.07) is 57.1. The number of fused-ring (bicyclic) bond motifs is 3. The second-order valence-electron chi connectivity index (χ2n) is 14.1. The molecule has 0 unspecified atom stereocenters. The Kier molecular flexibility index (Phi) is 7.23. The first kappa shape index (κ1) is 31.2. The third kappa shape index (κ3) is 4.88. The van der Waals surface area contributed by atoms with Crippen LogP contribution in [0.25, 0.3) is 65.4 Å². The standard InChI is InChI=1S/C50H38N2O/c1-4-33-15-7-8-16-36(33)37-17-11-18-38-39-19-12-22-46(50(39)53-49(37)38)52(44-21-10-6-14-32(44)3)45-30-26-35-23-27-40-43(51-42-20-9-5-13-31(42)2)29-25-34-24-28-41(45)48(35)47(34)40/h5-30,51H,4H2,1-3H3. The van der Waals surface area contributed by atoms with E-state index >= 15 is 0 Å². The van der Waals surface area contributed by atoms with Gasteiger partial charge in [-0.1, -0.05) is 134 Å². The summed E-state index contributed by atoms with van der Waals surface area (Å²) in [5.41, 5.74) is 13.3. The molecule has 254 valence electrons. The van der Waals surface area contributed by atoms with E-state index in [2.05, 4.69) is 189 Å². The molecule has 1 heterocycles. The average Bonchev–Trinajstić information content (AvgIpc) is 3.59. The number of hydrogen-bond acceptors (Lipinski definition) is 3. The number of furan rings is 1. The molecule has 10 aromatic rings. The topological polar surface area (TPSA) is 28.4 Å². The van der Waals surface area contributed by atoms with Crippen LogP contribution < -0.4 is 10.2 Å². The Labute approximate surface area is 309 Å². The fourth-order valence-corrected chi connectivity index (χ4v) is 8.44. The van der Waals surface area contributed by atoms with Gasteiger partial charge < -0.3 is 14.6 Å². The molecule has 0 saturated carbocycles. The Hall–Kier alpha value is -6.58. The maximum atomic E-state index is 7.09. The molecule has 0 aliphatic rings. The minimum absolute atomic E-state index is 0.877. The first-order valence-electron chi connectivity index (χ1n) is 18.5. The molecule has 0 bridgehead atoms. The molecule has 9 aromatic carbocycles. The molecule has 1 aromatic heterocycles. The van der Waals surface area contributed by atoms with Gasteiger partial charge in [0.2, 0.25) is 0 Å². The van der Waals surface area contributed by atoms with Crippen molar-refractivity contribution in [2.45, 2.75) is 27.2 Å². The molecule has 0 amide bonds. The summed E-state index contributed by atoms with van der Waals surface area (Å²) in [5.74, 6) is 0. The van der Waals surface area contributed by atoms with Gasteiger partial charge in [-0.2, -0.15) is 0 Å². The van der Waals surface area contributed by atoms with Crippen LogP contribution in [0.4, 0.5) is 28.4 Å². The van der Waals surface area contributed by atoms with Gasteiger partial charge in [-0.25, -0.2) is 0 Å². The summed E-state index contributed by atoms with van der Waals surface area (Å²) in [5, 5.41) is 13.4. The van der Waals surface area contributed by atoms with E-state index < -0.39 is 0 Å². The number of para-hydroxylation sites is 4. The van der Waals surface area contributed by atoms with Crippen molar-refractivity contribution in [2.24, 2.45) is 0 Å². The van der Waals surface area contributed by atoms with Crippen molar-refractivity contribution >= 4 is 82.7 Å². The monoisotopic (exact) mass is 682 g/mol. The first-order valence-corrected chi connectivity index (χ1v) is 18.5. The highest BCUT2D eigenvalue weighted by molar-refractivity contribution is 6.28. The zero-order valence-electron chi connectivity index (χ0n) is 30.1. The molecule has 53 heavy (non-hydrogen) atoms. The van der Waals surface area contributed by atoms with Gasteiger partial charge in [0.15, 0.2) is 5.58 Å². The fraction of sp³-hybridized carbons (Fsp3) is 0.0800. The Morgan fingerprint density at radius 3 is 1.89 bits per heavy atom. The predicted molar refractivity (Wildman–Crippen MR) is 226 cm³/mol. The molecule has 3 heteroatoms. The molecule has 0 atom stereocenters. The number of hydrogen-bond donors (Lipinski definition) is 1. The fourth-order valence-electron chi connectivity index (χ4n) is 8.44. The van der Waals surface area contributed by atoms with Gasteiger partial charge >= 0.3 is 0 Å². The molecule has 1 N–H and O–H groups in total. The highest BCUT2D eigenvalue weighted by Gasteiger charge is 2.24. The summed E-state index contributed by atoms with van der Waals surface area (Å²) >= 11 is 0. The van der Waals surface area contributed by atoms with Crippen LogP contribution in [-0.2, 0) is 6.42 Å². The number of rotatable bonds is 7. The normalized spacial score (nSPS) is 11.8. The predicted octanol–water partition coefficient (Wildman–Crippen LogP) is 14.5. The largest absolute Gasteiger partial charge is 0.453 e. The molecule has 0 fully saturated rings. The van der Waals surface area contributed by atoms with Crippen LogP contribution in [0.15, 0.2) is 162 Å². The highest BCUT2D eigenvalue weighted by Crippen LogP contribution is 2.49. The van der Waals surface area contributed by atoms with Crippen molar-refractivity contribution in [3.8, 4) is 11.1 Å². The molecule has 0 radical (unpaired) electrons. The molecule has 0 aliphatic heterocycles. The summed E-state index contributed by atoms with van der Waals surface area (Å²) in [4.78, 5) is 2.41. The third-order valence-electron chi connectivity index (χ3n) is 11.1. The highest BCUT2D eigenvalue weighted by atomic mass is 16.3. The number of benzene rings is 9. The second kappa shape index (κ2) is 12.3. The van der Waals surface area contributed by atoms with Crippen molar-refractivity contribution in [2.75, 3.05) is 10.2 Å². The Bertz CT molecular complexity index is 3010. The van der Waals surface area contributed by atoms with Gasteiger partial charge in [0.1, 0.15) is 5.58 Å². The molecule has 3 nitrogen and oxygen atoms in total. The maximum Gasteiger partial charge on any atom is 0.159 e. The van der Waals surface area contributed by atoms with Gasteiger partial charge in [-0.15, -0.1) is 0 Å². The van der Waals surface area contributed by atoms with E-state index in [0.717, 1.165) is 62.4 Å². The van der Waals surface area contributed by atoms with Crippen LogP contribution in [0.2, 0.25) is 0 Å². The van der Waals surface area contributed by atoms with Crippen LogP contribution in [0, 0.1) is 13.8 Å². The second-order valence-corrected chi connectivity index (χ2v) is 14.1. The SMILES string of the molecule is CCc1ccccc1-c1cccc2c1oc1c(N(c3ccccc3C)c3ccc4ccc5c(Nc6ccccc6C)ccc6ccc3c4c65)cccc12. The Morgan fingerprint density at radius 2 is 1.08 bits per heavy atom. The lowest BCUT2D eigenvalue weighted by Gasteiger charge is -2.29. The van der Waals surface area contributed by atoms with Crippen molar-refractivity contribution in [3.05, 3.63) is 174 Å². The summed E-state index contributed by atoms with van der Waals surface area (Å²) in [7, 11) is 0. The molecule has 0 saturated heterocycles. The minimum atomic E-state index is 0.877. The van der Waals surface area contributed by atoms with E-state index in [1.54, 1.807) is 0 Å². The summed E-state index contributed by atoms with van der Waals surface area (Å²) in [6.07, 6.45) is 0.956. The number of anilines is 5. The minimum Gasteiger partial charge on any atom is -0.453 e. The van der Waals surface area contributed by atoms with Gasteiger partial charge in [-0.3, -0.25) is 0 Å². The van der Waals surface area contributed by atoms with Crippen LogP contribution >= 0.6 is 0 Å². The van der Waals surface area contributed by atoms with Gasteiger partial charge in [0.05, 0.1) is 11.4 Å². The molecular formula is C50H38N2O. The first-order chi connectivity index (χ1) is 26.1. The lowest BCUT2D eigenvalue weighted by Crippen LogP contribution is -2.12. The molecule has 10 rings (SSSR count). The van der Waals surface area contributed by atoms with E-state index in [0.29, 0.717) is 0 Å². The number of nitrogens with zero attached hydrogens (tertiary/aromatic N) is 1. The van der Waals surface area contributed by atoms with E-state index in [9.17, 15) is 0 Å². The molecule has 0 aliphatic carbocycles. The van der Waals surface area contributed by atoms with E-state index in [1.807, 2.05) is 0 Å². The van der Waals surface area contributed by atoms with Gasteiger partial charge in [0.25, 0.3) is 0 Å². The summed E-state index contributed by atoms with van der Waals surface area (Å²) in [6.45, 7) is 6.56. The van der Waals surface area contributed by atoms with Crippen LogP contribution in [0.3, 0.4) is 0 Å². The Morgan fingerprint density at radius 1 is 0.453 bits per heavy atom. The maximum absolute atomic E-state index is 7.09. The van der Waals surface area contributed by atoms with Crippen LogP contribution in [0.5, 0.6) is 0 Å². The molecule has 0 spiro atoms. The molecular weight excluding hydrogens is 645 g/mol. The van der Waals surface area contributed by atoms with Crippen molar-refractivity contribution < 1.29 is 4.42 Å². The zero-order valence-corrected chi connectivity index (χ0v) is 30.1. The number of aryl methyl sites for hydroxylation is 3. The van der Waals surface area contributed by atoms with Gasteiger partial charge in [-0.05, 0) is 94.4 Å². The van der Waals surface area contributed by atoms with Crippen molar-refractivity contribution in [1.82, 2.24) is 0 Å². The van der Waals surface area contributed by atoms with Crippen LogP contribution in [-0.4, -0.2) is 0 Å². The van der Waals surface area contributed by atoms with E-state index in [1.165, 1.54) is 54.6 Å². The third-order valence-corrected chi connectivity index (χ3v) is 11.1. The lowest BCUT2D eigenvalue weighted by molar-refractivity contribution is 0.670. The van der Waals surface area contributed by atoms with Crippen molar-refractivity contribution in [3.63, 3.8) is 0 Å². The Balaban J connectivity index is 1.24. The van der Waals surface area contributed by atoms with Gasteiger partial charge in [0, 0.05) is 44.2 Å². The zero-order chi connectivity index (χ0) is 35.6. The quantitative estimate of drug-likeness (QED) is 0.170. The average molecular weight is 683 g/mol. The van der Waals surface area contributed by atoms with E-state index in [4.69, 9.17) is 4.42 Å². The lowest BCUT2D eigenvalue weighted by atomic mass is 9.92. The van der Waals surface area contributed by atoms with E-state index in [-0.39, 0.29) is 0 Å².